The minimum Gasteiger partial charge on any atom is -0.490 e. The van der Waals surface area contributed by atoms with E-state index in [2.05, 4.69) is 5.32 Å². The van der Waals surface area contributed by atoms with Crippen molar-refractivity contribution in [1.29, 1.82) is 0 Å². The van der Waals surface area contributed by atoms with Crippen LogP contribution in [0.2, 0.25) is 5.02 Å². The zero-order valence-corrected chi connectivity index (χ0v) is 22.9. The standard InChI is InChI=1S/C29H32ClN3O6/c1-20(2)17-31-29(35)26(15-21-9-5-4-6-10-21)32(18-22-11-7-8-12-24(22)30)28(34)19-39-23-13-14-25(33(36)37)27(16-23)38-3/h4-14,16,20,26H,15,17-19H2,1-3H3,(H,31,35). The summed E-state index contributed by atoms with van der Waals surface area (Å²) in [7, 11) is 1.31. The monoisotopic (exact) mass is 553 g/mol. The molecule has 3 aromatic rings. The lowest BCUT2D eigenvalue weighted by Crippen LogP contribution is -2.52. The van der Waals surface area contributed by atoms with Gasteiger partial charge < -0.3 is 19.7 Å². The second-order valence-corrected chi connectivity index (χ2v) is 9.74. The highest BCUT2D eigenvalue weighted by Gasteiger charge is 2.31. The molecule has 3 rings (SSSR count). The van der Waals surface area contributed by atoms with Gasteiger partial charge in [-0.15, -0.1) is 0 Å². The average Bonchev–Trinajstić information content (AvgIpc) is 2.93. The maximum atomic E-state index is 13.7. The van der Waals surface area contributed by atoms with Crippen LogP contribution in [0.4, 0.5) is 5.69 Å². The number of nitro benzene ring substituents is 1. The summed E-state index contributed by atoms with van der Waals surface area (Å²) < 4.78 is 10.8. The predicted molar refractivity (Wildman–Crippen MR) is 149 cm³/mol. The Morgan fingerprint density at radius 1 is 1.05 bits per heavy atom. The molecule has 206 valence electrons. The van der Waals surface area contributed by atoms with Crippen LogP contribution in [0.25, 0.3) is 0 Å². The van der Waals surface area contributed by atoms with Crippen LogP contribution in [-0.4, -0.2) is 47.9 Å². The van der Waals surface area contributed by atoms with Gasteiger partial charge in [0.25, 0.3) is 5.91 Å². The molecule has 2 amide bonds. The first-order chi connectivity index (χ1) is 18.7. The molecule has 0 saturated carbocycles. The van der Waals surface area contributed by atoms with Gasteiger partial charge in [0.2, 0.25) is 11.7 Å². The second-order valence-electron chi connectivity index (χ2n) is 9.34. The Labute approximate surface area is 232 Å². The largest absolute Gasteiger partial charge is 0.490 e. The molecule has 0 fully saturated rings. The summed E-state index contributed by atoms with van der Waals surface area (Å²) in [5, 5.41) is 14.6. The van der Waals surface area contributed by atoms with Crippen molar-refractivity contribution in [3.05, 3.63) is 99.1 Å². The fourth-order valence-corrected chi connectivity index (χ4v) is 4.11. The number of hydrogen-bond donors (Lipinski definition) is 1. The number of carbonyl (C=O) groups excluding carboxylic acids is 2. The SMILES string of the molecule is COc1cc(OCC(=O)N(Cc2ccccc2Cl)C(Cc2ccccc2)C(=O)NCC(C)C)ccc1[N+](=O)[O-]. The van der Waals surface area contributed by atoms with E-state index in [1.54, 1.807) is 18.2 Å². The van der Waals surface area contributed by atoms with Crippen LogP contribution in [0.3, 0.4) is 0 Å². The summed E-state index contributed by atoms with van der Waals surface area (Å²) in [4.78, 5) is 39.3. The van der Waals surface area contributed by atoms with Gasteiger partial charge in [-0.1, -0.05) is 74.0 Å². The van der Waals surface area contributed by atoms with Crippen molar-refractivity contribution in [3.63, 3.8) is 0 Å². The molecule has 10 heteroatoms. The Morgan fingerprint density at radius 2 is 1.74 bits per heavy atom. The van der Waals surface area contributed by atoms with Gasteiger partial charge in [0, 0.05) is 36.7 Å². The highest BCUT2D eigenvalue weighted by Crippen LogP contribution is 2.31. The summed E-state index contributed by atoms with van der Waals surface area (Å²) in [5.41, 5.74) is 1.35. The molecule has 0 aromatic heterocycles. The van der Waals surface area contributed by atoms with Crippen LogP contribution in [0, 0.1) is 16.0 Å². The highest BCUT2D eigenvalue weighted by atomic mass is 35.5. The minimum absolute atomic E-state index is 0.00731. The summed E-state index contributed by atoms with van der Waals surface area (Å²) >= 11 is 6.43. The predicted octanol–water partition coefficient (Wildman–Crippen LogP) is 5.05. The minimum atomic E-state index is -0.843. The number of rotatable bonds is 13. The molecule has 0 heterocycles. The summed E-state index contributed by atoms with van der Waals surface area (Å²) in [6.07, 6.45) is 0.284. The molecule has 0 aliphatic heterocycles. The number of nitro groups is 1. The average molecular weight is 554 g/mol. The zero-order chi connectivity index (χ0) is 28.4. The van der Waals surface area contributed by atoms with Crippen LogP contribution in [-0.2, 0) is 22.6 Å². The van der Waals surface area contributed by atoms with E-state index in [4.69, 9.17) is 21.1 Å². The van der Waals surface area contributed by atoms with Gasteiger partial charge in [-0.3, -0.25) is 19.7 Å². The first-order valence-corrected chi connectivity index (χ1v) is 12.9. The zero-order valence-electron chi connectivity index (χ0n) is 22.1. The van der Waals surface area contributed by atoms with E-state index in [0.717, 1.165) is 5.56 Å². The second kappa shape index (κ2) is 14.2. The number of halogens is 1. The molecule has 1 N–H and O–H groups in total. The Balaban J connectivity index is 1.92. The van der Waals surface area contributed by atoms with Crippen LogP contribution in [0.1, 0.15) is 25.0 Å². The number of methoxy groups -OCH3 is 1. The van der Waals surface area contributed by atoms with Gasteiger partial charge in [-0.25, -0.2) is 0 Å². The van der Waals surface area contributed by atoms with E-state index >= 15 is 0 Å². The molecule has 0 aliphatic carbocycles. The first-order valence-electron chi connectivity index (χ1n) is 12.5. The van der Waals surface area contributed by atoms with Crippen LogP contribution in [0.5, 0.6) is 11.5 Å². The van der Waals surface area contributed by atoms with Crippen molar-refractivity contribution in [3.8, 4) is 11.5 Å². The van der Waals surface area contributed by atoms with E-state index < -0.39 is 23.5 Å². The van der Waals surface area contributed by atoms with Crippen molar-refractivity contribution in [1.82, 2.24) is 10.2 Å². The number of ether oxygens (including phenoxy) is 2. The summed E-state index contributed by atoms with van der Waals surface area (Å²) in [6.45, 7) is 4.11. The summed E-state index contributed by atoms with van der Waals surface area (Å²) in [5.74, 6) is -0.294. The molecule has 1 atom stereocenters. The smallest absolute Gasteiger partial charge is 0.311 e. The third kappa shape index (κ3) is 8.44. The van der Waals surface area contributed by atoms with Gasteiger partial charge in [-0.2, -0.15) is 0 Å². The molecular formula is C29H32ClN3O6. The molecule has 9 nitrogen and oxygen atoms in total. The first kappa shape index (κ1) is 29.4. The Hall–Kier alpha value is -4.11. The lowest BCUT2D eigenvalue weighted by atomic mass is 10.0. The van der Waals surface area contributed by atoms with Crippen LogP contribution < -0.4 is 14.8 Å². The molecule has 0 spiro atoms. The highest BCUT2D eigenvalue weighted by molar-refractivity contribution is 6.31. The maximum absolute atomic E-state index is 13.7. The lowest BCUT2D eigenvalue weighted by molar-refractivity contribution is -0.385. The number of nitrogens with zero attached hydrogens (tertiary/aromatic N) is 2. The van der Waals surface area contributed by atoms with E-state index in [1.165, 1.54) is 30.2 Å². The van der Waals surface area contributed by atoms with E-state index in [9.17, 15) is 19.7 Å². The Bertz CT molecular complexity index is 1290. The quantitative estimate of drug-likeness (QED) is 0.234. The molecule has 0 aliphatic rings. The normalized spacial score (nSPS) is 11.5. The molecule has 0 bridgehead atoms. The van der Waals surface area contributed by atoms with Crippen molar-refractivity contribution in [2.45, 2.75) is 32.9 Å². The van der Waals surface area contributed by atoms with Gasteiger partial charge in [0.15, 0.2) is 6.61 Å². The summed E-state index contributed by atoms with van der Waals surface area (Å²) in [6, 6.07) is 19.7. The molecule has 0 saturated heterocycles. The topological polar surface area (TPSA) is 111 Å². The van der Waals surface area contributed by atoms with Crippen molar-refractivity contribution in [2.75, 3.05) is 20.3 Å². The van der Waals surface area contributed by atoms with Crippen LogP contribution in [0.15, 0.2) is 72.8 Å². The molecule has 39 heavy (non-hydrogen) atoms. The Kier molecular flexibility index (Phi) is 10.7. The third-order valence-corrected chi connectivity index (χ3v) is 6.33. The van der Waals surface area contributed by atoms with E-state index in [-0.39, 0.29) is 42.0 Å². The van der Waals surface area contributed by atoms with Crippen molar-refractivity contribution in [2.24, 2.45) is 5.92 Å². The van der Waals surface area contributed by atoms with Gasteiger partial charge in [0.1, 0.15) is 11.8 Å². The number of hydrogen-bond acceptors (Lipinski definition) is 6. The van der Waals surface area contributed by atoms with Gasteiger partial charge in [0.05, 0.1) is 12.0 Å². The van der Waals surface area contributed by atoms with E-state index in [1.807, 2.05) is 50.2 Å². The fraction of sp³-hybridized carbons (Fsp3) is 0.310. The van der Waals surface area contributed by atoms with Crippen molar-refractivity contribution >= 4 is 29.1 Å². The third-order valence-electron chi connectivity index (χ3n) is 5.96. The van der Waals surface area contributed by atoms with Crippen LogP contribution >= 0.6 is 11.6 Å². The van der Waals surface area contributed by atoms with Gasteiger partial charge >= 0.3 is 5.69 Å². The Morgan fingerprint density at radius 3 is 2.38 bits per heavy atom. The number of nitrogens with one attached hydrogen (secondary N) is 1. The van der Waals surface area contributed by atoms with Gasteiger partial charge in [-0.05, 0) is 29.2 Å². The molecule has 0 radical (unpaired) electrons. The number of carbonyl (C=O) groups is 2. The van der Waals surface area contributed by atoms with Crippen molar-refractivity contribution < 1.29 is 24.0 Å². The number of benzene rings is 3. The fourth-order valence-electron chi connectivity index (χ4n) is 3.91. The number of amides is 2. The van der Waals surface area contributed by atoms with E-state index in [0.29, 0.717) is 17.1 Å². The maximum Gasteiger partial charge on any atom is 0.311 e. The molecule has 3 aromatic carbocycles. The molecule has 1 unspecified atom stereocenters. The lowest BCUT2D eigenvalue weighted by Gasteiger charge is -2.32. The molecular weight excluding hydrogens is 522 g/mol.